The Kier molecular flexibility index (Phi) is 3.64. The molecule has 0 spiro atoms. The minimum absolute atomic E-state index is 0.570. The molecule has 2 aromatic rings. The van der Waals surface area contributed by atoms with Gasteiger partial charge in [0.25, 0.3) is 0 Å². The summed E-state index contributed by atoms with van der Waals surface area (Å²) >= 11 is 0. The molecule has 0 amide bonds. The average molecular weight is 272 g/mol. The zero-order chi connectivity index (χ0) is 14.0. The summed E-state index contributed by atoms with van der Waals surface area (Å²) in [6, 6.07) is 12.5. The highest BCUT2D eigenvalue weighted by Gasteiger charge is 2.38. The van der Waals surface area contributed by atoms with Gasteiger partial charge in [0.2, 0.25) is 0 Å². The van der Waals surface area contributed by atoms with E-state index in [1.54, 1.807) is 0 Å². The molecule has 3 rings (SSSR count). The van der Waals surface area contributed by atoms with Crippen molar-refractivity contribution in [3.8, 4) is 5.75 Å². The second-order valence-electron chi connectivity index (χ2n) is 4.93. The van der Waals surface area contributed by atoms with E-state index in [9.17, 15) is 0 Å². The van der Waals surface area contributed by atoms with Crippen molar-refractivity contribution >= 4 is 10.8 Å². The molecular formula is C17H20O3. The molecule has 0 radical (unpaired) electrons. The van der Waals surface area contributed by atoms with Gasteiger partial charge in [-0.3, -0.25) is 0 Å². The van der Waals surface area contributed by atoms with E-state index in [1.165, 1.54) is 10.9 Å². The van der Waals surface area contributed by atoms with Gasteiger partial charge in [0.1, 0.15) is 5.75 Å². The normalized spacial score (nSPS) is 16.7. The molecule has 0 atom stereocenters. The van der Waals surface area contributed by atoms with E-state index in [2.05, 4.69) is 24.3 Å². The van der Waals surface area contributed by atoms with Gasteiger partial charge in [-0.05, 0) is 31.2 Å². The molecule has 0 N–H and O–H groups in total. The second-order valence-corrected chi connectivity index (χ2v) is 4.93. The summed E-state index contributed by atoms with van der Waals surface area (Å²) in [6.07, 6.45) is 1.63. The first-order valence-corrected chi connectivity index (χ1v) is 7.25. The maximum Gasteiger partial charge on any atom is 0.327 e. The first kappa shape index (κ1) is 13.4. The zero-order valence-corrected chi connectivity index (χ0v) is 12.0. The lowest BCUT2D eigenvalue weighted by atomic mass is 9.99. The summed E-state index contributed by atoms with van der Waals surface area (Å²) in [6.45, 7) is 5.06. The van der Waals surface area contributed by atoms with Crippen LogP contribution in [-0.4, -0.2) is 19.2 Å². The number of benzene rings is 2. The molecule has 0 bridgehead atoms. The Morgan fingerprint density at radius 3 is 2.55 bits per heavy atom. The third-order valence-corrected chi connectivity index (χ3v) is 3.65. The monoisotopic (exact) mass is 272 g/mol. The smallest absolute Gasteiger partial charge is 0.327 e. The molecule has 1 aliphatic rings. The Labute approximate surface area is 119 Å². The molecule has 0 unspecified atom stereocenters. The van der Waals surface area contributed by atoms with Gasteiger partial charge in [-0.2, -0.15) is 0 Å². The van der Waals surface area contributed by atoms with Crippen molar-refractivity contribution in [3.63, 3.8) is 0 Å². The summed E-state index contributed by atoms with van der Waals surface area (Å²) in [5.41, 5.74) is 1.22. The van der Waals surface area contributed by atoms with Crippen molar-refractivity contribution in [3.05, 3.63) is 42.0 Å². The summed E-state index contributed by atoms with van der Waals surface area (Å²) in [7, 11) is 0. The number of fused-ring (bicyclic) bond motifs is 3. The largest absolute Gasteiger partial charge is 0.438 e. The van der Waals surface area contributed by atoms with Crippen LogP contribution in [0.3, 0.4) is 0 Å². The van der Waals surface area contributed by atoms with Gasteiger partial charge < -0.3 is 14.2 Å². The summed E-state index contributed by atoms with van der Waals surface area (Å²) in [5, 5.41) is 2.29. The number of rotatable bonds is 4. The second kappa shape index (κ2) is 5.43. The molecule has 106 valence electrons. The van der Waals surface area contributed by atoms with Crippen LogP contribution in [0.25, 0.3) is 10.8 Å². The van der Waals surface area contributed by atoms with Crippen LogP contribution in [-0.2, 0) is 15.9 Å². The van der Waals surface area contributed by atoms with Gasteiger partial charge >= 0.3 is 5.97 Å². The highest BCUT2D eigenvalue weighted by atomic mass is 16.9. The van der Waals surface area contributed by atoms with Crippen LogP contribution < -0.4 is 4.74 Å². The average Bonchev–Trinajstić information content (AvgIpc) is 2.48. The van der Waals surface area contributed by atoms with Crippen molar-refractivity contribution in [2.45, 2.75) is 32.7 Å². The standard InChI is InChI=1S/C17H20O3/c1-3-18-17(19-4-2)12-11-14-10-9-13-7-5-6-8-15(13)16(14)20-17/h5-10H,3-4,11-12H2,1-2H3. The zero-order valence-electron chi connectivity index (χ0n) is 12.0. The predicted octanol–water partition coefficient (Wildman–Crippen LogP) is 3.89. The highest BCUT2D eigenvalue weighted by Crippen LogP contribution is 2.39. The highest BCUT2D eigenvalue weighted by molar-refractivity contribution is 5.89. The molecule has 0 fully saturated rings. The Morgan fingerprint density at radius 1 is 1.05 bits per heavy atom. The van der Waals surface area contributed by atoms with Crippen molar-refractivity contribution in [2.24, 2.45) is 0 Å². The van der Waals surface area contributed by atoms with Crippen LogP contribution in [0, 0.1) is 0 Å². The molecule has 0 saturated carbocycles. The first-order valence-electron chi connectivity index (χ1n) is 7.25. The fourth-order valence-corrected chi connectivity index (χ4v) is 2.78. The van der Waals surface area contributed by atoms with E-state index in [0.29, 0.717) is 13.2 Å². The van der Waals surface area contributed by atoms with Crippen molar-refractivity contribution in [1.82, 2.24) is 0 Å². The topological polar surface area (TPSA) is 27.7 Å². The van der Waals surface area contributed by atoms with E-state index in [-0.39, 0.29) is 0 Å². The minimum Gasteiger partial charge on any atom is -0.438 e. The van der Waals surface area contributed by atoms with Gasteiger partial charge in [-0.25, -0.2) is 0 Å². The molecule has 20 heavy (non-hydrogen) atoms. The van der Waals surface area contributed by atoms with E-state index < -0.39 is 5.97 Å². The quantitative estimate of drug-likeness (QED) is 0.790. The van der Waals surface area contributed by atoms with E-state index in [4.69, 9.17) is 14.2 Å². The van der Waals surface area contributed by atoms with Crippen LogP contribution in [0.5, 0.6) is 5.75 Å². The van der Waals surface area contributed by atoms with Gasteiger partial charge in [0.15, 0.2) is 0 Å². The number of ether oxygens (including phenoxy) is 3. The maximum atomic E-state index is 6.17. The van der Waals surface area contributed by atoms with Crippen molar-refractivity contribution in [1.29, 1.82) is 0 Å². The van der Waals surface area contributed by atoms with Crippen LogP contribution in [0.1, 0.15) is 25.8 Å². The molecule has 0 saturated heterocycles. The summed E-state index contributed by atoms with van der Waals surface area (Å²) in [5.74, 6) is -0.0306. The molecular weight excluding hydrogens is 252 g/mol. The maximum absolute atomic E-state index is 6.17. The number of aryl methyl sites for hydroxylation is 1. The third kappa shape index (κ3) is 2.28. The molecule has 1 heterocycles. The lowest BCUT2D eigenvalue weighted by Crippen LogP contribution is -2.45. The van der Waals surface area contributed by atoms with Crippen LogP contribution in [0.2, 0.25) is 0 Å². The van der Waals surface area contributed by atoms with Crippen molar-refractivity contribution < 1.29 is 14.2 Å². The lowest BCUT2D eigenvalue weighted by Gasteiger charge is -2.37. The fraction of sp³-hybridized carbons (Fsp3) is 0.412. The number of hydrogen-bond donors (Lipinski definition) is 0. The molecule has 1 aliphatic heterocycles. The van der Waals surface area contributed by atoms with Gasteiger partial charge in [-0.1, -0.05) is 36.4 Å². The molecule has 3 heteroatoms. The Balaban J connectivity index is 2.06. The SMILES string of the molecule is CCOC1(OCC)CCc2ccc3ccccc3c2O1. The minimum atomic E-state index is -0.930. The van der Waals surface area contributed by atoms with Crippen LogP contribution >= 0.6 is 0 Å². The van der Waals surface area contributed by atoms with Gasteiger partial charge in [-0.15, -0.1) is 0 Å². The Hall–Kier alpha value is -1.58. The fourth-order valence-electron chi connectivity index (χ4n) is 2.78. The van der Waals surface area contributed by atoms with Crippen LogP contribution in [0.15, 0.2) is 36.4 Å². The molecule has 0 aromatic heterocycles. The van der Waals surface area contributed by atoms with E-state index >= 15 is 0 Å². The predicted molar refractivity (Wildman–Crippen MR) is 78.9 cm³/mol. The Morgan fingerprint density at radius 2 is 1.80 bits per heavy atom. The van der Waals surface area contributed by atoms with E-state index in [1.807, 2.05) is 26.0 Å². The lowest BCUT2D eigenvalue weighted by molar-refractivity contribution is -0.346. The number of hydrogen-bond acceptors (Lipinski definition) is 3. The van der Waals surface area contributed by atoms with Gasteiger partial charge in [0, 0.05) is 11.8 Å². The van der Waals surface area contributed by atoms with Crippen molar-refractivity contribution in [2.75, 3.05) is 13.2 Å². The molecule has 2 aromatic carbocycles. The van der Waals surface area contributed by atoms with E-state index in [0.717, 1.165) is 24.0 Å². The molecule has 0 aliphatic carbocycles. The van der Waals surface area contributed by atoms with Crippen LogP contribution in [0.4, 0.5) is 0 Å². The molecule has 3 nitrogen and oxygen atoms in total. The summed E-state index contributed by atoms with van der Waals surface area (Å²) in [4.78, 5) is 0. The summed E-state index contributed by atoms with van der Waals surface area (Å²) < 4.78 is 17.7. The van der Waals surface area contributed by atoms with Gasteiger partial charge in [0.05, 0.1) is 13.2 Å². The Bertz CT molecular complexity index is 600. The first-order chi connectivity index (χ1) is 9.78. The third-order valence-electron chi connectivity index (χ3n) is 3.65.